The molecule has 0 amide bonds. The fraction of sp³-hybridized carbons (Fsp3) is 0.652. The molecule has 7 nitrogen and oxygen atoms in total. The molecule has 1 heterocycles. The fourth-order valence-corrected chi connectivity index (χ4v) is 4.29. The molecule has 1 aromatic rings. The number of carbonyl (C=O) groups is 2. The Morgan fingerprint density at radius 1 is 1.16 bits per heavy atom. The average molecular weight is 431 g/mol. The fourth-order valence-electron chi connectivity index (χ4n) is 4.29. The van der Waals surface area contributed by atoms with Crippen LogP contribution < -0.4 is 0 Å². The van der Waals surface area contributed by atoms with Crippen molar-refractivity contribution in [2.45, 2.75) is 70.1 Å². The molecule has 0 spiro atoms. The number of rotatable bonds is 12. The van der Waals surface area contributed by atoms with E-state index in [9.17, 15) is 9.59 Å². The summed E-state index contributed by atoms with van der Waals surface area (Å²) < 4.78 is 22.3. The lowest BCUT2D eigenvalue weighted by molar-refractivity contribution is -0.145. The van der Waals surface area contributed by atoms with Gasteiger partial charge in [0.15, 0.2) is 0 Å². The number of hydrogen-bond acceptors (Lipinski definition) is 7. The number of nitrogens with zero attached hydrogens (tertiary/aromatic N) is 1. The molecule has 1 aromatic carbocycles. The van der Waals surface area contributed by atoms with Crippen LogP contribution in [0, 0.1) is 0 Å². The largest absolute Gasteiger partial charge is 0.533 e. The van der Waals surface area contributed by atoms with Gasteiger partial charge in [-0.3, -0.25) is 14.5 Å². The van der Waals surface area contributed by atoms with Crippen molar-refractivity contribution in [1.82, 2.24) is 4.90 Å². The highest BCUT2D eigenvalue weighted by Crippen LogP contribution is 2.40. The number of carbonyl (C=O) groups excluding carboxylic acids is 2. The van der Waals surface area contributed by atoms with Crippen LogP contribution in [0.25, 0.3) is 0 Å². The van der Waals surface area contributed by atoms with Crippen LogP contribution in [0.4, 0.5) is 0 Å². The molecular weight excluding hydrogens is 397 g/mol. The van der Waals surface area contributed by atoms with E-state index < -0.39 is 0 Å². The summed E-state index contributed by atoms with van der Waals surface area (Å²) in [5.74, 6) is -0.729. The Morgan fingerprint density at radius 3 is 2.61 bits per heavy atom. The molecule has 0 radical (unpaired) electrons. The number of hydrogen-bond donors (Lipinski definition) is 0. The van der Waals surface area contributed by atoms with E-state index in [2.05, 4.69) is 6.92 Å². The lowest BCUT2D eigenvalue weighted by Gasteiger charge is -2.31. The molecule has 8 heteroatoms. The molecule has 170 valence electrons. The molecule has 2 aliphatic rings. The molecule has 1 aliphatic carbocycles. The van der Waals surface area contributed by atoms with Gasteiger partial charge in [-0.05, 0) is 38.1 Å². The molecule has 0 N–H and O–H groups in total. The number of unbranched alkanes of at least 4 members (excludes halogenated alkanes) is 1. The molecule has 1 saturated carbocycles. The van der Waals surface area contributed by atoms with Crippen molar-refractivity contribution in [3.8, 4) is 0 Å². The third kappa shape index (κ3) is 6.79. The van der Waals surface area contributed by atoms with E-state index in [0.717, 1.165) is 37.7 Å². The molecule has 2 fully saturated rings. The van der Waals surface area contributed by atoms with Crippen molar-refractivity contribution in [3.05, 3.63) is 35.9 Å². The first-order valence-electron chi connectivity index (χ1n) is 11.4. The van der Waals surface area contributed by atoms with Crippen molar-refractivity contribution >= 4 is 18.9 Å². The van der Waals surface area contributed by atoms with E-state index in [1.165, 1.54) is 7.11 Å². The van der Waals surface area contributed by atoms with Gasteiger partial charge in [0.05, 0.1) is 26.3 Å². The van der Waals surface area contributed by atoms with Gasteiger partial charge in [0.1, 0.15) is 12.1 Å². The van der Waals surface area contributed by atoms with Gasteiger partial charge in [0, 0.05) is 12.6 Å². The van der Waals surface area contributed by atoms with Gasteiger partial charge in [-0.1, -0.05) is 43.7 Å². The van der Waals surface area contributed by atoms with Crippen LogP contribution in [0.1, 0.15) is 50.7 Å². The van der Waals surface area contributed by atoms with E-state index in [1.807, 2.05) is 42.1 Å². The maximum absolute atomic E-state index is 12.7. The Morgan fingerprint density at radius 2 is 1.90 bits per heavy atom. The van der Waals surface area contributed by atoms with Crippen molar-refractivity contribution in [3.63, 3.8) is 0 Å². The van der Waals surface area contributed by atoms with E-state index in [1.54, 1.807) is 0 Å². The Balaban J connectivity index is 1.55. The molecule has 0 bridgehead atoms. The van der Waals surface area contributed by atoms with Gasteiger partial charge in [0.2, 0.25) is 0 Å². The van der Waals surface area contributed by atoms with E-state index in [4.69, 9.17) is 18.9 Å². The maximum atomic E-state index is 12.7. The minimum Gasteiger partial charge on any atom is -0.533 e. The lowest BCUT2D eigenvalue weighted by Crippen LogP contribution is -2.48. The molecule has 31 heavy (non-hydrogen) atoms. The van der Waals surface area contributed by atoms with Gasteiger partial charge >= 0.3 is 18.9 Å². The molecule has 3 rings (SSSR count). The van der Waals surface area contributed by atoms with Crippen molar-refractivity contribution < 1.29 is 28.5 Å². The summed E-state index contributed by atoms with van der Waals surface area (Å²) in [6, 6.07) is 9.78. The zero-order valence-electron chi connectivity index (χ0n) is 18.8. The van der Waals surface area contributed by atoms with E-state index in [0.29, 0.717) is 6.61 Å². The second kappa shape index (κ2) is 11.6. The first-order chi connectivity index (χ1) is 15.0. The summed E-state index contributed by atoms with van der Waals surface area (Å²) in [7, 11) is 1.36. The summed E-state index contributed by atoms with van der Waals surface area (Å²) >= 11 is 0. The van der Waals surface area contributed by atoms with Gasteiger partial charge in [-0.25, -0.2) is 0 Å². The second-order valence-corrected chi connectivity index (χ2v) is 8.37. The third-order valence-corrected chi connectivity index (χ3v) is 6.04. The summed E-state index contributed by atoms with van der Waals surface area (Å²) in [4.78, 5) is 26.6. The van der Waals surface area contributed by atoms with Gasteiger partial charge < -0.3 is 18.9 Å². The SMILES string of the molecule is CCCCO[C@@H]1CCC[C@H]1N(CC(=O)OC)CC(=O)OB(C)C1OC1c1ccccc1. The quantitative estimate of drug-likeness (QED) is 0.218. The van der Waals surface area contributed by atoms with Gasteiger partial charge in [0.25, 0.3) is 0 Å². The molecule has 4 atom stereocenters. The number of ether oxygens (including phenoxy) is 3. The Kier molecular flexibility index (Phi) is 8.93. The van der Waals surface area contributed by atoms with Crippen LogP contribution in [0.3, 0.4) is 0 Å². The summed E-state index contributed by atoms with van der Waals surface area (Å²) in [5.41, 5.74) is 1.08. The average Bonchev–Trinajstić information content (AvgIpc) is 3.45. The first kappa shape index (κ1) is 23.8. The topological polar surface area (TPSA) is 77.6 Å². The molecule has 1 aliphatic heterocycles. The summed E-state index contributed by atoms with van der Waals surface area (Å²) in [6.07, 6.45) is 4.89. The van der Waals surface area contributed by atoms with Crippen LogP contribution >= 0.6 is 0 Å². The van der Waals surface area contributed by atoms with Crippen LogP contribution in [-0.4, -0.2) is 68.7 Å². The summed E-state index contributed by atoms with van der Waals surface area (Å²) in [6.45, 7) is 4.39. The smallest absolute Gasteiger partial charge is 0.390 e. The Labute approximate surface area is 185 Å². The standard InChI is InChI=1S/C23H34BNO6/c1-4-5-14-29-19-13-9-12-18(19)25(15-20(26)28-3)16-21(27)31-24(2)23-22(30-23)17-10-7-6-8-11-17/h6-8,10-11,18-19,22-23H,4-5,9,12-16H2,1-3H3/t18-,19-,22?,23?/m1/s1. The lowest BCUT2D eigenvalue weighted by atomic mass is 9.65. The minimum atomic E-state index is -0.366. The van der Waals surface area contributed by atoms with Crippen LogP contribution in [0.5, 0.6) is 0 Å². The zero-order valence-corrected chi connectivity index (χ0v) is 18.8. The molecule has 2 unspecified atom stereocenters. The van der Waals surface area contributed by atoms with Crippen molar-refractivity contribution in [1.29, 1.82) is 0 Å². The van der Waals surface area contributed by atoms with Crippen LogP contribution in [0.2, 0.25) is 6.82 Å². The van der Waals surface area contributed by atoms with Gasteiger partial charge in [-0.2, -0.15) is 0 Å². The summed E-state index contributed by atoms with van der Waals surface area (Å²) in [5, 5.41) is 0. The predicted molar refractivity (Wildman–Crippen MR) is 118 cm³/mol. The van der Waals surface area contributed by atoms with E-state index in [-0.39, 0.29) is 56.2 Å². The third-order valence-electron chi connectivity index (χ3n) is 6.04. The molecule has 1 saturated heterocycles. The number of esters is 1. The number of benzene rings is 1. The maximum Gasteiger partial charge on any atom is 0.390 e. The van der Waals surface area contributed by atoms with Crippen molar-refractivity contribution in [2.24, 2.45) is 0 Å². The van der Waals surface area contributed by atoms with Crippen LogP contribution in [0.15, 0.2) is 30.3 Å². The molecule has 0 aromatic heterocycles. The first-order valence-corrected chi connectivity index (χ1v) is 11.4. The highest BCUT2D eigenvalue weighted by Gasteiger charge is 2.49. The monoisotopic (exact) mass is 431 g/mol. The van der Waals surface area contributed by atoms with Crippen LogP contribution in [-0.2, 0) is 28.5 Å². The molecular formula is C23H34BNO6. The number of epoxide rings is 1. The Hall–Kier alpha value is -1.90. The predicted octanol–water partition coefficient (Wildman–Crippen LogP) is 3.04. The highest BCUT2D eigenvalue weighted by atomic mass is 16.6. The highest BCUT2D eigenvalue weighted by molar-refractivity contribution is 6.54. The van der Waals surface area contributed by atoms with Crippen molar-refractivity contribution in [2.75, 3.05) is 26.8 Å². The Bertz CT molecular complexity index is 717. The van der Waals surface area contributed by atoms with Gasteiger partial charge in [-0.15, -0.1) is 0 Å². The normalized spacial score (nSPS) is 24.8. The minimum absolute atomic E-state index is 0.00746. The number of methoxy groups -OCH3 is 1. The second-order valence-electron chi connectivity index (χ2n) is 8.37. The zero-order chi connectivity index (χ0) is 22.2. The van der Waals surface area contributed by atoms with E-state index >= 15 is 0 Å².